The molecule has 2 fully saturated rings. The van der Waals surface area contributed by atoms with Crippen LogP contribution in [-0.4, -0.2) is 49.1 Å². The van der Waals surface area contributed by atoms with Crippen LogP contribution >= 0.6 is 11.8 Å². The molecule has 1 N–H and O–H groups in total. The van der Waals surface area contributed by atoms with Crippen LogP contribution in [0.1, 0.15) is 38.5 Å². The van der Waals surface area contributed by atoms with Crippen LogP contribution in [0.4, 0.5) is 0 Å². The summed E-state index contributed by atoms with van der Waals surface area (Å²) in [5.74, 6) is 0.927. The molecule has 1 saturated carbocycles. The SMILES string of the molecule is CSC1CCCCC1NCC1CCN(C)CC1. The molecule has 1 aliphatic heterocycles. The molecule has 2 nitrogen and oxygen atoms in total. The number of nitrogens with one attached hydrogen (secondary N) is 1. The lowest BCUT2D eigenvalue weighted by atomic mass is 9.92. The minimum atomic E-state index is 0.790. The molecule has 1 aliphatic carbocycles. The van der Waals surface area contributed by atoms with Crippen molar-refractivity contribution in [1.29, 1.82) is 0 Å². The quantitative estimate of drug-likeness (QED) is 0.832. The van der Waals surface area contributed by atoms with Crippen LogP contribution in [0.25, 0.3) is 0 Å². The number of thioether (sulfide) groups is 1. The van der Waals surface area contributed by atoms with Gasteiger partial charge in [0.15, 0.2) is 0 Å². The smallest absolute Gasteiger partial charge is 0.0198 e. The molecule has 0 amide bonds. The van der Waals surface area contributed by atoms with E-state index in [0.717, 1.165) is 17.2 Å². The summed E-state index contributed by atoms with van der Waals surface area (Å²) in [7, 11) is 2.24. The van der Waals surface area contributed by atoms with Gasteiger partial charge in [-0.1, -0.05) is 12.8 Å². The fourth-order valence-corrected chi connectivity index (χ4v) is 4.16. The average molecular weight is 256 g/mol. The van der Waals surface area contributed by atoms with Gasteiger partial charge in [0.05, 0.1) is 0 Å². The molecule has 0 aromatic rings. The van der Waals surface area contributed by atoms with E-state index in [1.165, 1.54) is 58.2 Å². The van der Waals surface area contributed by atoms with Gasteiger partial charge in [-0.05, 0) is 64.5 Å². The first kappa shape index (κ1) is 13.7. The van der Waals surface area contributed by atoms with Crippen molar-refractivity contribution in [3.63, 3.8) is 0 Å². The van der Waals surface area contributed by atoms with Gasteiger partial charge >= 0.3 is 0 Å². The lowest BCUT2D eigenvalue weighted by Gasteiger charge is -2.34. The molecule has 0 radical (unpaired) electrons. The van der Waals surface area contributed by atoms with Gasteiger partial charge in [0.25, 0.3) is 0 Å². The first-order valence-electron chi connectivity index (χ1n) is 7.24. The lowest BCUT2D eigenvalue weighted by Crippen LogP contribution is -2.44. The van der Waals surface area contributed by atoms with E-state index in [1.807, 2.05) is 0 Å². The first-order valence-corrected chi connectivity index (χ1v) is 8.53. The summed E-state index contributed by atoms with van der Waals surface area (Å²) in [5, 5.41) is 4.74. The lowest BCUT2D eigenvalue weighted by molar-refractivity contribution is 0.209. The average Bonchev–Trinajstić information content (AvgIpc) is 2.38. The molecular formula is C14H28N2S. The zero-order chi connectivity index (χ0) is 12.1. The first-order chi connectivity index (χ1) is 8.29. The maximum absolute atomic E-state index is 3.87. The number of nitrogens with zero attached hydrogens (tertiary/aromatic N) is 1. The fourth-order valence-electron chi connectivity index (χ4n) is 3.20. The van der Waals surface area contributed by atoms with Crippen molar-refractivity contribution in [3.05, 3.63) is 0 Å². The fraction of sp³-hybridized carbons (Fsp3) is 1.00. The van der Waals surface area contributed by atoms with Gasteiger partial charge in [-0.2, -0.15) is 11.8 Å². The van der Waals surface area contributed by atoms with Crippen LogP contribution < -0.4 is 5.32 Å². The van der Waals surface area contributed by atoms with Crippen LogP contribution in [0.5, 0.6) is 0 Å². The molecule has 17 heavy (non-hydrogen) atoms. The summed E-state index contributed by atoms with van der Waals surface area (Å²) in [6.07, 6.45) is 10.8. The second-order valence-electron chi connectivity index (χ2n) is 5.82. The highest BCUT2D eigenvalue weighted by Gasteiger charge is 2.25. The molecule has 0 aromatic carbocycles. The van der Waals surface area contributed by atoms with E-state index in [9.17, 15) is 0 Å². The van der Waals surface area contributed by atoms with E-state index in [4.69, 9.17) is 0 Å². The minimum Gasteiger partial charge on any atom is -0.313 e. The highest BCUT2D eigenvalue weighted by atomic mass is 32.2. The van der Waals surface area contributed by atoms with Crippen LogP contribution in [0.15, 0.2) is 0 Å². The predicted octanol–water partition coefficient (Wildman–Crippen LogP) is 2.59. The topological polar surface area (TPSA) is 15.3 Å². The molecule has 100 valence electrons. The van der Waals surface area contributed by atoms with Gasteiger partial charge in [0.2, 0.25) is 0 Å². The summed E-state index contributed by atoms with van der Waals surface area (Å²) in [4.78, 5) is 2.46. The van der Waals surface area contributed by atoms with Crippen LogP contribution in [0, 0.1) is 5.92 Å². The molecule has 2 aliphatic rings. The van der Waals surface area contributed by atoms with Crippen LogP contribution in [0.2, 0.25) is 0 Å². The molecular weight excluding hydrogens is 228 g/mol. The van der Waals surface area contributed by atoms with Crippen LogP contribution in [-0.2, 0) is 0 Å². The highest BCUT2D eigenvalue weighted by Crippen LogP contribution is 2.27. The Kier molecular flexibility index (Phi) is 5.64. The largest absolute Gasteiger partial charge is 0.313 e. The number of piperidine rings is 1. The molecule has 2 atom stereocenters. The predicted molar refractivity (Wildman–Crippen MR) is 77.8 cm³/mol. The number of likely N-dealkylation sites (tertiary alicyclic amines) is 1. The maximum atomic E-state index is 3.87. The van der Waals surface area contributed by atoms with E-state index in [2.05, 4.69) is 35.3 Å². The van der Waals surface area contributed by atoms with Gasteiger partial charge in [-0.25, -0.2) is 0 Å². The van der Waals surface area contributed by atoms with Crippen molar-refractivity contribution < 1.29 is 0 Å². The van der Waals surface area contributed by atoms with Gasteiger partial charge in [0.1, 0.15) is 0 Å². The Morgan fingerprint density at radius 3 is 2.53 bits per heavy atom. The van der Waals surface area contributed by atoms with Gasteiger partial charge in [0, 0.05) is 11.3 Å². The Morgan fingerprint density at radius 2 is 1.82 bits per heavy atom. The van der Waals surface area contributed by atoms with Crippen molar-refractivity contribution in [1.82, 2.24) is 10.2 Å². The minimum absolute atomic E-state index is 0.790. The van der Waals surface area contributed by atoms with E-state index < -0.39 is 0 Å². The summed E-state index contributed by atoms with van der Waals surface area (Å²) in [6.45, 7) is 3.85. The van der Waals surface area contributed by atoms with E-state index >= 15 is 0 Å². The number of hydrogen-bond acceptors (Lipinski definition) is 3. The Labute approximate surface area is 111 Å². The molecule has 1 saturated heterocycles. The third-order valence-corrected chi connectivity index (χ3v) is 5.68. The third-order valence-electron chi connectivity index (χ3n) is 4.51. The molecule has 0 bridgehead atoms. The second kappa shape index (κ2) is 7.01. The zero-order valence-electron chi connectivity index (χ0n) is 11.5. The van der Waals surface area contributed by atoms with Crippen molar-refractivity contribution in [2.75, 3.05) is 32.9 Å². The van der Waals surface area contributed by atoms with E-state index in [0.29, 0.717) is 0 Å². The molecule has 2 unspecified atom stereocenters. The molecule has 0 spiro atoms. The number of rotatable bonds is 4. The van der Waals surface area contributed by atoms with Crippen molar-refractivity contribution in [3.8, 4) is 0 Å². The molecule has 2 rings (SSSR count). The summed E-state index contributed by atoms with van der Waals surface area (Å²) >= 11 is 2.07. The normalized spacial score (nSPS) is 32.8. The molecule has 3 heteroatoms. The van der Waals surface area contributed by atoms with Crippen molar-refractivity contribution in [2.45, 2.75) is 49.8 Å². The molecule has 0 aromatic heterocycles. The number of hydrogen-bond donors (Lipinski definition) is 1. The Bertz CT molecular complexity index is 214. The monoisotopic (exact) mass is 256 g/mol. The van der Waals surface area contributed by atoms with Crippen LogP contribution in [0.3, 0.4) is 0 Å². The zero-order valence-corrected chi connectivity index (χ0v) is 12.3. The van der Waals surface area contributed by atoms with E-state index in [1.54, 1.807) is 0 Å². The van der Waals surface area contributed by atoms with Gasteiger partial charge in [-0.3, -0.25) is 0 Å². The van der Waals surface area contributed by atoms with Crippen molar-refractivity contribution >= 4 is 11.8 Å². The Balaban J connectivity index is 1.69. The van der Waals surface area contributed by atoms with Crippen molar-refractivity contribution in [2.24, 2.45) is 5.92 Å². The third kappa shape index (κ3) is 4.15. The molecule has 1 heterocycles. The van der Waals surface area contributed by atoms with E-state index in [-0.39, 0.29) is 0 Å². The summed E-state index contributed by atoms with van der Waals surface area (Å²) in [6, 6.07) is 0.790. The second-order valence-corrected chi connectivity index (χ2v) is 6.90. The van der Waals surface area contributed by atoms with Gasteiger partial charge < -0.3 is 10.2 Å². The maximum Gasteiger partial charge on any atom is 0.0198 e. The Hall–Kier alpha value is 0.270. The summed E-state index contributed by atoms with van der Waals surface area (Å²) in [5.41, 5.74) is 0. The highest BCUT2D eigenvalue weighted by molar-refractivity contribution is 7.99. The Morgan fingerprint density at radius 1 is 1.12 bits per heavy atom. The summed E-state index contributed by atoms with van der Waals surface area (Å²) < 4.78 is 0. The standard InChI is InChI=1S/C14H28N2S/c1-16-9-7-12(8-10-16)11-15-13-5-3-4-6-14(13)17-2/h12-15H,3-11H2,1-2H3. The van der Waals surface area contributed by atoms with Gasteiger partial charge in [-0.15, -0.1) is 0 Å².